The fraction of sp³-hybridized carbons (Fsp3) is 0.538. The van der Waals surface area contributed by atoms with E-state index in [9.17, 15) is 0 Å². The normalized spacial score (nSPS) is 20.5. The van der Waals surface area contributed by atoms with Gasteiger partial charge in [-0.05, 0) is 36.3 Å². The maximum Gasteiger partial charge on any atom is 0.0417 e. The van der Waals surface area contributed by atoms with Crippen molar-refractivity contribution in [2.24, 2.45) is 0 Å². The summed E-state index contributed by atoms with van der Waals surface area (Å²) in [6, 6.07) is 5.97. The molecule has 1 aliphatic heterocycles. The molecule has 17 heavy (non-hydrogen) atoms. The largest absolute Gasteiger partial charge is 0.312 e. The molecular formula is C13H17BrClNS. The summed E-state index contributed by atoms with van der Waals surface area (Å²) < 4.78 is 1.09. The second-order valence-corrected chi connectivity index (χ2v) is 7.05. The van der Waals surface area contributed by atoms with Crippen molar-refractivity contribution in [1.82, 2.24) is 5.32 Å². The molecule has 1 heterocycles. The Morgan fingerprint density at radius 1 is 1.41 bits per heavy atom. The van der Waals surface area contributed by atoms with Gasteiger partial charge in [0.25, 0.3) is 0 Å². The van der Waals surface area contributed by atoms with Gasteiger partial charge in [0.15, 0.2) is 0 Å². The molecule has 0 aromatic heterocycles. The van der Waals surface area contributed by atoms with Crippen LogP contribution in [0, 0.1) is 0 Å². The zero-order valence-corrected chi connectivity index (χ0v) is 12.9. The molecule has 1 aromatic rings. The molecule has 1 N–H and O–H groups in total. The molecule has 1 aliphatic rings. The number of benzene rings is 1. The third-order valence-corrected chi connectivity index (χ3v) is 5.35. The fourth-order valence-corrected chi connectivity index (χ4v) is 4.10. The Morgan fingerprint density at radius 3 is 3.00 bits per heavy atom. The molecule has 2 rings (SSSR count). The number of hydrogen-bond donors (Lipinski definition) is 1. The SMILES string of the molecule is Clc1ccc(CNCC2CCCCS2)c(Br)c1. The molecule has 1 unspecified atom stereocenters. The summed E-state index contributed by atoms with van der Waals surface area (Å²) >= 11 is 11.6. The fourth-order valence-electron chi connectivity index (χ4n) is 2.00. The van der Waals surface area contributed by atoms with Crippen molar-refractivity contribution in [3.8, 4) is 0 Å². The van der Waals surface area contributed by atoms with Crippen LogP contribution in [0.1, 0.15) is 24.8 Å². The van der Waals surface area contributed by atoms with Gasteiger partial charge in [0, 0.05) is 27.8 Å². The van der Waals surface area contributed by atoms with Gasteiger partial charge in [0.1, 0.15) is 0 Å². The second kappa shape index (κ2) is 7.03. The Hall–Kier alpha value is 0.300. The van der Waals surface area contributed by atoms with Crippen LogP contribution in [-0.2, 0) is 6.54 Å². The monoisotopic (exact) mass is 333 g/mol. The Morgan fingerprint density at radius 2 is 2.29 bits per heavy atom. The van der Waals surface area contributed by atoms with Crippen LogP contribution in [0.25, 0.3) is 0 Å². The molecule has 4 heteroatoms. The topological polar surface area (TPSA) is 12.0 Å². The first-order valence-corrected chi connectivity index (χ1v) is 8.24. The van der Waals surface area contributed by atoms with Crippen LogP contribution in [0.15, 0.2) is 22.7 Å². The lowest BCUT2D eigenvalue weighted by molar-refractivity contribution is 0.597. The molecule has 1 atom stereocenters. The molecule has 0 bridgehead atoms. The quantitative estimate of drug-likeness (QED) is 0.871. The Labute approximate surface area is 121 Å². The molecule has 1 nitrogen and oxygen atoms in total. The van der Waals surface area contributed by atoms with Crippen molar-refractivity contribution in [3.63, 3.8) is 0 Å². The van der Waals surface area contributed by atoms with E-state index in [4.69, 9.17) is 11.6 Å². The summed E-state index contributed by atoms with van der Waals surface area (Å²) in [4.78, 5) is 0. The van der Waals surface area contributed by atoms with Gasteiger partial charge in [-0.25, -0.2) is 0 Å². The summed E-state index contributed by atoms with van der Waals surface area (Å²) in [6.45, 7) is 2.02. The highest BCUT2D eigenvalue weighted by molar-refractivity contribution is 9.10. The molecule has 0 aliphatic carbocycles. The minimum atomic E-state index is 0.781. The maximum absolute atomic E-state index is 5.92. The van der Waals surface area contributed by atoms with Crippen LogP contribution in [-0.4, -0.2) is 17.5 Å². The van der Waals surface area contributed by atoms with E-state index < -0.39 is 0 Å². The van der Waals surface area contributed by atoms with Crippen LogP contribution in [0.2, 0.25) is 5.02 Å². The predicted octanol–water partition coefficient (Wildman–Crippen LogP) is 4.48. The summed E-state index contributed by atoms with van der Waals surface area (Å²) in [5.41, 5.74) is 1.27. The van der Waals surface area contributed by atoms with E-state index in [2.05, 4.69) is 39.1 Å². The predicted molar refractivity (Wildman–Crippen MR) is 81.0 cm³/mol. The zero-order valence-electron chi connectivity index (χ0n) is 9.72. The van der Waals surface area contributed by atoms with Crippen molar-refractivity contribution in [2.75, 3.05) is 12.3 Å². The Kier molecular flexibility index (Phi) is 5.67. The van der Waals surface area contributed by atoms with Crippen molar-refractivity contribution in [3.05, 3.63) is 33.3 Å². The number of rotatable bonds is 4. The summed E-state index contributed by atoms with van der Waals surface area (Å²) in [5, 5.41) is 5.12. The van der Waals surface area contributed by atoms with Gasteiger partial charge in [-0.3, -0.25) is 0 Å². The summed E-state index contributed by atoms with van der Waals surface area (Å²) in [7, 11) is 0. The smallest absolute Gasteiger partial charge is 0.0417 e. The zero-order chi connectivity index (χ0) is 12.1. The lowest BCUT2D eigenvalue weighted by atomic mass is 10.2. The summed E-state index contributed by atoms with van der Waals surface area (Å²) in [6.07, 6.45) is 4.15. The number of halogens is 2. The number of thioether (sulfide) groups is 1. The van der Waals surface area contributed by atoms with E-state index in [-0.39, 0.29) is 0 Å². The van der Waals surface area contributed by atoms with E-state index in [0.717, 1.165) is 27.8 Å². The molecular weight excluding hydrogens is 318 g/mol. The van der Waals surface area contributed by atoms with Crippen molar-refractivity contribution < 1.29 is 0 Å². The average molecular weight is 335 g/mol. The highest BCUT2D eigenvalue weighted by Gasteiger charge is 2.13. The first-order valence-electron chi connectivity index (χ1n) is 6.02. The van der Waals surface area contributed by atoms with Crippen LogP contribution < -0.4 is 5.32 Å². The van der Waals surface area contributed by atoms with E-state index in [1.807, 2.05) is 12.1 Å². The highest BCUT2D eigenvalue weighted by Crippen LogP contribution is 2.25. The van der Waals surface area contributed by atoms with Crippen LogP contribution in [0.3, 0.4) is 0 Å². The van der Waals surface area contributed by atoms with Crippen molar-refractivity contribution in [1.29, 1.82) is 0 Å². The van der Waals surface area contributed by atoms with E-state index in [0.29, 0.717) is 0 Å². The molecule has 0 radical (unpaired) electrons. The lowest BCUT2D eigenvalue weighted by Gasteiger charge is -2.21. The third kappa shape index (κ3) is 4.47. The van der Waals surface area contributed by atoms with E-state index >= 15 is 0 Å². The number of nitrogens with one attached hydrogen (secondary N) is 1. The van der Waals surface area contributed by atoms with Gasteiger partial charge in [-0.2, -0.15) is 11.8 Å². The van der Waals surface area contributed by atoms with Crippen LogP contribution >= 0.6 is 39.3 Å². The third-order valence-electron chi connectivity index (χ3n) is 2.98. The van der Waals surface area contributed by atoms with Crippen molar-refractivity contribution in [2.45, 2.75) is 31.1 Å². The number of hydrogen-bond acceptors (Lipinski definition) is 2. The van der Waals surface area contributed by atoms with Gasteiger partial charge in [-0.1, -0.05) is 40.0 Å². The minimum absolute atomic E-state index is 0.781. The van der Waals surface area contributed by atoms with Crippen LogP contribution in [0.4, 0.5) is 0 Å². The first kappa shape index (κ1) is 13.7. The summed E-state index contributed by atoms with van der Waals surface area (Å²) in [5.74, 6) is 1.33. The molecule has 1 saturated heterocycles. The molecule has 0 amide bonds. The molecule has 1 aromatic carbocycles. The van der Waals surface area contributed by atoms with Gasteiger partial charge >= 0.3 is 0 Å². The molecule has 0 saturated carbocycles. The molecule has 1 fully saturated rings. The average Bonchev–Trinajstić information content (AvgIpc) is 2.33. The van der Waals surface area contributed by atoms with E-state index in [1.54, 1.807) is 0 Å². The Balaban J connectivity index is 1.77. The maximum atomic E-state index is 5.92. The molecule has 0 spiro atoms. The van der Waals surface area contributed by atoms with Gasteiger partial charge in [0.2, 0.25) is 0 Å². The van der Waals surface area contributed by atoms with Crippen LogP contribution in [0.5, 0.6) is 0 Å². The standard InChI is InChI=1S/C13H17BrClNS/c14-13-7-11(15)5-4-10(13)8-16-9-12-3-1-2-6-17-12/h4-5,7,12,16H,1-3,6,8-9H2. The lowest BCUT2D eigenvalue weighted by Crippen LogP contribution is -2.26. The first-order chi connectivity index (χ1) is 8.25. The molecule has 94 valence electrons. The Bertz CT molecular complexity index is 366. The van der Waals surface area contributed by atoms with Gasteiger partial charge in [0.05, 0.1) is 0 Å². The van der Waals surface area contributed by atoms with Gasteiger partial charge < -0.3 is 5.32 Å². The van der Waals surface area contributed by atoms with Crippen molar-refractivity contribution >= 4 is 39.3 Å². The minimum Gasteiger partial charge on any atom is -0.312 e. The van der Waals surface area contributed by atoms with E-state index in [1.165, 1.54) is 30.6 Å². The highest BCUT2D eigenvalue weighted by atomic mass is 79.9. The second-order valence-electron chi connectivity index (χ2n) is 4.36. The van der Waals surface area contributed by atoms with Gasteiger partial charge in [-0.15, -0.1) is 0 Å².